The Morgan fingerprint density at radius 2 is 1.93 bits per heavy atom. The largest absolute Gasteiger partial charge is 0.496 e. The molecule has 1 amide bonds. The minimum atomic E-state index is -0.733. The molecule has 1 saturated carbocycles. The molecule has 2 aliphatic rings. The lowest BCUT2D eigenvalue weighted by atomic mass is 9.83. The highest BCUT2D eigenvalue weighted by molar-refractivity contribution is 6.05. The molecule has 0 unspecified atom stereocenters. The van der Waals surface area contributed by atoms with Crippen molar-refractivity contribution in [1.29, 1.82) is 0 Å². The minimum absolute atomic E-state index is 0.0297. The summed E-state index contributed by atoms with van der Waals surface area (Å²) in [5, 5.41) is 13.5. The maximum Gasteiger partial charge on any atom is 0.261 e. The zero-order valence-corrected chi connectivity index (χ0v) is 24.0. The molecule has 1 aliphatic heterocycles. The van der Waals surface area contributed by atoms with Crippen LogP contribution in [-0.2, 0) is 11.3 Å². The predicted octanol–water partition coefficient (Wildman–Crippen LogP) is 5.20. The summed E-state index contributed by atoms with van der Waals surface area (Å²) in [6.45, 7) is 5.86. The smallest absolute Gasteiger partial charge is 0.261 e. The number of aromatic nitrogens is 3. The second-order valence-corrected chi connectivity index (χ2v) is 11.4. The molecule has 4 aromatic rings. The van der Waals surface area contributed by atoms with Gasteiger partial charge in [0, 0.05) is 37.4 Å². The van der Waals surface area contributed by atoms with Gasteiger partial charge in [-0.25, -0.2) is 9.37 Å². The normalized spacial score (nSPS) is 21.4. The first-order chi connectivity index (χ1) is 20.3. The van der Waals surface area contributed by atoms with Gasteiger partial charge < -0.3 is 19.1 Å². The van der Waals surface area contributed by atoms with Gasteiger partial charge in [-0.3, -0.25) is 20.0 Å². The summed E-state index contributed by atoms with van der Waals surface area (Å²) >= 11 is 0. The third kappa shape index (κ3) is 5.74. The van der Waals surface area contributed by atoms with Crippen LogP contribution >= 0.6 is 0 Å². The molecule has 2 N–H and O–H groups in total. The molecule has 220 valence electrons. The molecule has 2 aromatic carbocycles. The molecular weight excluding hydrogens is 537 g/mol. The molecule has 10 heteroatoms. The van der Waals surface area contributed by atoms with Crippen LogP contribution in [0.5, 0.6) is 5.75 Å². The Morgan fingerprint density at radius 1 is 1.17 bits per heavy atom. The van der Waals surface area contributed by atoms with Crippen LogP contribution < -0.4 is 10.1 Å². The van der Waals surface area contributed by atoms with Crippen LogP contribution in [0.1, 0.15) is 54.6 Å². The summed E-state index contributed by atoms with van der Waals surface area (Å²) in [6.07, 6.45) is 4.17. The standard InChI is InChI=1S/C32H36FN5O4/c1-32(40)12-9-22(10-13-32)38-26-8-7-21(20-37-15-17-42-18-16-37)19-25(26)35-31(38)36-30(39)24-11-14-34-29(28(24)33)23-5-3-4-6-27(23)41-2/h3-8,11,14,19,22,40H,9-10,12-13,15-18,20H2,1-2H3,(H,35,36,39)/t22-,32+. The molecule has 6 rings (SSSR count). The number of carbonyl (C=O) groups is 1. The molecule has 0 atom stereocenters. The summed E-state index contributed by atoms with van der Waals surface area (Å²) < 4.78 is 28.7. The molecule has 0 spiro atoms. The van der Waals surface area contributed by atoms with E-state index in [1.54, 1.807) is 24.3 Å². The average Bonchev–Trinajstić information content (AvgIpc) is 3.34. The van der Waals surface area contributed by atoms with E-state index in [4.69, 9.17) is 14.5 Å². The van der Waals surface area contributed by atoms with E-state index in [0.29, 0.717) is 30.1 Å². The number of aliphatic hydroxyl groups is 1. The van der Waals surface area contributed by atoms with Gasteiger partial charge in [0.05, 0.1) is 42.5 Å². The number of nitrogens with one attached hydrogen (secondary N) is 1. The van der Waals surface area contributed by atoms with Gasteiger partial charge in [-0.2, -0.15) is 0 Å². The number of morpholine rings is 1. The van der Waals surface area contributed by atoms with E-state index in [2.05, 4.69) is 27.3 Å². The molecule has 2 fully saturated rings. The van der Waals surface area contributed by atoms with Crippen molar-refractivity contribution in [2.75, 3.05) is 38.7 Å². The number of benzene rings is 2. The van der Waals surface area contributed by atoms with Gasteiger partial charge >= 0.3 is 0 Å². The first kappa shape index (κ1) is 28.3. The fraction of sp³-hybridized carbons (Fsp3) is 0.406. The molecule has 1 saturated heterocycles. The number of carbonyl (C=O) groups excluding carboxylic acids is 1. The van der Waals surface area contributed by atoms with Crippen LogP contribution in [0, 0.1) is 5.82 Å². The molecule has 0 radical (unpaired) electrons. The van der Waals surface area contributed by atoms with Gasteiger partial charge in [0.25, 0.3) is 5.91 Å². The fourth-order valence-corrected chi connectivity index (χ4v) is 6.02. The van der Waals surface area contributed by atoms with E-state index < -0.39 is 17.3 Å². The number of hydrogen-bond donors (Lipinski definition) is 2. The van der Waals surface area contributed by atoms with Crippen LogP contribution in [0.3, 0.4) is 0 Å². The number of nitrogens with zero attached hydrogens (tertiary/aromatic N) is 4. The summed E-state index contributed by atoms with van der Waals surface area (Å²) in [5.41, 5.74) is 2.43. The Labute approximate surface area is 244 Å². The number of halogens is 1. The lowest BCUT2D eigenvalue weighted by Gasteiger charge is -2.34. The maximum absolute atomic E-state index is 15.8. The van der Waals surface area contributed by atoms with Crippen LogP contribution in [0.25, 0.3) is 22.3 Å². The topological polar surface area (TPSA) is 102 Å². The summed E-state index contributed by atoms with van der Waals surface area (Å²) in [5.74, 6) is -0.521. The number of imidazole rings is 1. The van der Waals surface area contributed by atoms with Crippen LogP contribution in [0.2, 0.25) is 0 Å². The number of fused-ring (bicyclic) bond motifs is 1. The van der Waals surface area contributed by atoms with Crippen molar-refractivity contribution in [2.24, 2.45) is 0 Å². The van der Waals surface area contributed by atoms with Crippen molar-refractivity contribution in [2.45, 2.75) is 50.8 Å². The molecular formula is C32H36FN5O4. The lowest BCUT2D eigenvalue weighted by molar-refractivity contribution is 0.0106. The quantitative estimate of drug-likeness (QED) is 0.314. The lowest BCUT2D eigenvalue weighted by Crippen LogP contribution is -2.35. The highest BCUT2D eigenvalue weighted by Crippen LogP contribution is 2.39. The summed E-state index contributed by atoms with van der Waals surface area (Å²) in [6, 6.07) is 14.6. The average molecular weight is 574 g/mol. The molecule has 2 aromatic heterocycles. The Morgan fingerprint density at radius 3 is 2.69 bits per heavy atom. The molecule has 0 bridgehead atoms. The van der Waals surface area contributed by atoms with Crippen molar-refractivity contribution in [3.8, 4) is 17.0 Å². The molecule has 42 heavy (non-hydrogen) atoms. The van der Waals surface area contributed by atoms with E-state index in [-0.39, 0.29) is 17.3 Å². The second-order valence-electron chi connectivity index (χ2n) is 11.4. The van der Waals surface area contributed by atoms with Gasteiger partial charge in [-0.05, 0) is 68.5 Å². The zero-order valence-electron chi connectivity index (χ0n) is 24.0. The SMILES string of the molecule is COc1ccccc1-c1nccc(C(=O)Nc2nc3cc(CN4CCOCC4)ccc3n2[C@H]2CC[C@@](C)(O)CC2)c1F. The molecule has 3 heterocycles. The van der Waals surface area contributed by atoms with Gasteiger partial charge in [0.2, 0.25) is 5.95 Å². The van der Waals surface area contributed by atoms with Gasteiger partial charge in [0.1, 0.15) is 11.4 Å². The third-order valence-electron chi connectivity index (χ3n) is 8.38. The molecule has 9 nitrogen and oxygen atoms in total. The van der Waals surface area contributed by atoms with Gasteiger partial charge in [-0.1, -0.05) is 18.2 Å². The Bertz CT molecular complexity index is 1590. The number of hydrogen-bond acceptors (Lipinski definition) is 7. The number of rotatable bonds is 7. The Hall–Kier alpha value is -3.86. The van der Waals surface area contributed by atoms with E-state index >= 15 is 4.39 Å². The van der Waals surface area contributed by atoms with Crippen molar-refractivity contribution >= 4 is 22.9 Å². The fourth-order valence-electron chi connectivity index (χ4n) is 6.02. The predicted molar refractivity (Wildman–Crippen MR) is 158 cm³/mol. The highest BCUT2D eigenvalue weighted by Gasteiger charge is 2.32. The van der Waals surface area contributed by atoms with Gasteiger partial charge in [0.15, 0.2) is 5.82 Å². The van der Waals surface area contributed by atoms with Crippen LogP contribution in [-0.4, -0.2) is 69.5 Å². The second kappa shape index (κ2) is 11.8. The summed E-state index contributed by atoms with van der Waals surface area (Å²) in [4.78, 5) is 25.0. The monoisotopic (exact) mass is 573 g/mol. The highest BCUT2D eigenvalue weighted by atomic mass is 19.1. The van der Waals surface area contributed by atoms with Crippen molar-refractivity contribution in [1.82, 2.24) is 19.4 Å². The number of ether oxygens (including phenoxy) is 2. The minimum Gasteiger partial charge on any atom is -0.496 e. The first-order valence-electron chi connectivity index (χ1n) is 14.5. The van der Waals surface area contributed by atoms with Gasteiger partial charge in [-0.15, -0.1) is 0 Å². The van der Waals surface area contributed by atoms with E-state index in [1.165, 1.54) is 19.4 Å². The number of anilines is 1. The van der Waals surface area contributed by atoms with Crippen LogP contribution in [0.15, 0.2) is 54.7 Å². The number of methoxy groups -OCH3 is 1. The Balaban J connectivity index is 1.34. The summed E-state index contributed by atoms with van der Waals surface area (Å²) in [7, 11) is 1.51. The van der Waals surface area contributed by atoms with E-state index in [0.717, 1.165) is 62.3 Å². The number of para-hydroxylation sites is 1. The first-order valence-corrected chi connectivity index (χ1v) is 14.5. The van der Waals surface area contributed by atoms with Crippen molar-refractivity contribution in [3.05, 3.63) is 71.7 Å². The van der Waals surface area contributed by atoms with E-state index in [9.17, 15) is 9.90 Å². The third-order valence-corrected chi connectivity index (χ3v) is 8.38. The van der Waals surface area contributed by atoms with Crippen LogP contribution in [0.4, 0.5) is 10.3 Å². The number of pyridine rings is 1. The Kier molecular flexibility index (Phi) is 7.94. The maximum atomic E-state index is 15.8. The van der Waals surface area contributed by atoms with Crippen molar-refractivity contribution < 1.29 is 23.8 Å². The molecule has 1 aliphatic carbocycles. The van der Waals surface area contributed by atoms with Crippen molar-refractivity contribution in [3.63, 3.8) is 0 Å². The van der Waals surface area contributed by atoms with E-state index in [1.807, 2.05) is 17.6 Å². The number of amides is 1. The zero-order chi connectivity index (χ0) is 29.3.